The van der Waals surface area contributed by atoms with Gasteiger partial charge in [0.1, 0.15) is 30.2 Å². The van der Waals surface area contributed by atoms with E-state index in [4.69, 9.17) is 9.15 Å². The molecule has 0 unspecified atom stereocenters. The fourth-order valence-electron chi connectivity index (χ4n) is 3.24. The van der Waals surface area contributed by atoms with Crippen molar-refractivity contribution in [3.63, 3.8) is 0 Å². The minimum atomic E-state index is -0.635. The van der Waals surface area contributed by atoms with Gasteiger partial charge in [0.05, 0.1) is 14.2 Å². The number of rotatable bonds is 7. The van der Waals surface area contributed by atoms with Gasteiger partial charge in [0, 0.05) is 17.4 Å². The summed E-state index contributed by atoms with van der Waals surface area (Å²) in [7, 11) is 2.42. The molecule has 0 saturated carbocycles. The Morgan fingerprint density at radius 3 is 2.39 bits per heavy atom. The average molecular weight is 389 g/mol. The van der Waals surface area contributed by atoms with Crippen molar-refractivity contribution < 1.29 is 33.0 Å². The van der Waals surface area contributed by atoms with Gasteiger partial charge in [-0.1, -0.05) is 0 Å². The number of hydrogen-bond acceptors (Lipinski definition) is 7. The molecule has 1 amide bonds. The first-order chi connectivity index (χ1) is 13.5. The third-order valence-corrected chi connectivity index (χ3v) is 4.74. The highest BCUT2D eigenvalue weighted by molar-refractivity contribution is 5.87. The Kier molecular flexibility index (Phi) is 6.18. The van der Waals surface area contributed by atoms with Crippen molar-refractivity contribution in [2.45, 2.75) is 25.7 Å². The van der Waals surface area contributed by atoms with E-state index in [0.717, 1.165) is 47.3 Å². The molecule has 0 N–H and O–H groups in total. The van der Waals surface area contributed by atoms with Crippen LogP contribution in [-0.2, 0) is 36.7 Å². The lowest BCUT2D eigenvalue weighted by molar-refractivity contribution is -0.152. The molecule has 28 heavy (non-hydrogen) atoms. The van der Waals surface area contributed by atoms with Crippen LogP contribution in [0, 0.1) is 0 Å². The van der Waals surface area contributed by atoms with Crippen LogP contribution in [0.1, 0.15) is 24.2 Å². The zero-order valence-corrected chi connectivity index (χ0v) is 16.0. The first kappa shape index (κ1) is 19.7. The number of benzene rings is 1. The SMILES string of the molecule is COC(=O)CN(CC(=O)OC)C(=O)COc1ccc2oc3c(c2c1)CCCC3. The Hall–Kier alpha value is -3.03. The van der Waals surface area contributed by atoms with Crippen molar-refractivity contribution in [2.24, 2.45) is 0 Å². The summed E-state index contributed by atoms with van der Waals surface area (Å²) in [4.78, 5) is 36.5. The number of methoxy groups -OCH3 is 2. The second kappa shape index (κ2) is 8.77. The van der Waals surface area contributed by atoms with Crippen LogP contribution in [0.5, 0.6) is 5.75 Å². The maximum absolute atomic E-state index is 12.4. The highest BCUT2D eigenvalue weighted by atomic mass is 16.5. The van der Waals surface area contributed by atoms with E-state index in [-0.39, 0.29) is 19.7 Å². The first-order valence-electron chi connectivity index (χ1n) is 9.10. The molecule has 8 nitrogen and oxygen atoms in total. The summed E-state index contributed by atoms with van der Waals surface area (Å²) in [6.45, 7) is -1.04. The van der Waals surface area contributed by atoms with Crippen molar-refractivity contribution in [1.29, 1.82) is 0 Å². The number of aryl methyl sites for hydroxylation is 2. The number of amides is 1. The Morgan fingerprint density at radius 2 is 1.71 bits per heavy atom. The van der Waals surface area contributed by atoms with Crippen LogP contribution in [0.3, 0.4) is 0 Å². The fourth-order valence-corrected chi connectivity index (χ4v) is 3.24. The summed E-state index contributed by atoms with van der Waals surface area (Å²) in [5.41, 5.74) is 2.01. The van der Waals surface area contributed by atoms with Gasteiger partial charge in [-0.2, -0.15) is 0 Å². The van der Waals surface area contributed by atoms with Crippen LogP contribution in [-0.4, -0.2) is 56.7 Å². The fraction of sp³-hybridized carbons (Fsp3) is 0.450. The lowest BCUT2D eigenvalue weighted by Gasteiger charge is -2.20. The number of carbonyl (C=O) groups is 3. The van der Waals surface area contributed by atoms with E-state index < -0.39 is 17.8 Å². The van der Waals surface area contributed by atoms with Gasteiger partial charge in [-0.15, -0.1) is 0 Å². The quantitative estimate of drug-likeness (QED) is 0.667. The second-order valence-corrected chi connectivity index (χ2v) is 6.56. The van der Waals surface area contributed by atoms with Gasteiger partial charge in [0.15, 0.2) is 6.61 Å². The maximum Gasteiger partial charge on any atom is 0.325 e. The number of nitrogens with zero attached hydrogens (tertiary/aromatic N) is 1. The van der Waals surface area contributed by atoms with E-state index in [0.29, 0.717) is 5.75 Å². The molecule has 0 atom stereocenters. The standard InChI is InChI=1S/C20H23NO7/c1-25-19(23)10-21(11-20(24)26-2)18(22)12-27-13-7-8-17-15(9-13)14-5-3-4-6-16(14)28-17/h7-9H,3-6,10-12H2,1-2H3. The van der Waals surface area contributed by atoms with Crippen LogP contribution >= 0.6 is 0 Å². The topological polar surface area (TPSA) is 95.3 Å². The highest BCUT2D eigenvalue weighted by Gasteiger charge is 2.22. The van der Waals surface area contributed by atoms with E-state index >= 15 is 0 Å². The van der Waals surface area contributed by atoms with Gasteiger partial charge in [-0.3, -0.25) is 14.4 Å². The molecule has 3 rings (SSSR count). The average Bonchev–Trinajstić information content (AvgIpc) is 3.09. The molecule has 0 aliphatic heterocycles. The molecule has 8 heteroatoms. The molecule has 0 spiro atoms. The summed E-state index contributed by atoms with van der Waals surface area (Å²) in [5, 5.41) is 1.00. The molecule has 0 fully saturated rings. The van der Waals surface area contributed by atoms with Crippen molar-refractivity contribution >= 4 is 28.8 Å². The van der Waals surface area contributed by atoms with Gasteiger partial charge in [-0.25, -0.2) is 0 Å². The third-order valence-electron chi connectivity index (χ3n) is 4.74. The molecule has 1 heterocycles. The number of esters is 2. The molecule has 0 radical (unpaired) electrons. The molecule has 1 aromatic heterocycles. The summed E-state index contributed by atoms with van der Waals surface area (Å²) in [5.74, 6) is -0.250. The number of ether oxygens (including phenoxy) is 3. The molecular formula is C20H23NO7. The summed E-state index contributed by atoms with van der Waals surface area (Å²) < 4.78 is 20.6. The third kappa shape index (κ3) is 4.44. The molecule has 2 aromatic rings. The number of furan rings is 1. The van der Waals surface area contributed by atoms with Crippen molar-refractivity contribution in [2.75, 3.05) is 33.9 Å². The monoisotopic (exact) mass is 389 g/mol. The summed E-state index contributed by atoms with van der Waals surface area (Å²) in [6.07, 6.45) is 4.16. The van der Waals surface area contributed by atoms with Crippen LogP contribution in [0.4, 0.5) is 0 Å². The second-order valence-electron chi connectivity index (χ2n) is 6.56. The summed E-state index contributed by atoms with van der Waals surface area (Å²) in [6, 6.07) is 5.42. The molecule has 1 aromatic carbocycles. The van der Waals surface area contributed by atoms with E-state index in [1.54, 1.807) is 6.07 Å². The van der Waals surface area contributed by atoms with Gasteiger partial charge in [0.25, 0.3) is 5.91 Å². The van der Waals surface area contributed by atoms with E-state index in [9.17, 15) is 14.4 Å². The minimum Gasteiger partial charge on any atom is -0.484 e. The molecule has 1 aliphatic carbocycles. The zero-order valence-electron chi connectivity index (χ0n) is 16.0. The van der Waals surface area contributed by atoms with Crippen LogP contribution < -0.4 is 4.74 Å². The Labute approximate surface area is 162 Å². The van der Waals surface area contributed by atoms with Crippen molar-refractivity contribution in [1.82, 2.24) is 4.90 Å². The minimum absolute atomic E-state index is 0.320. The molecular weight excluding hydrogens is 366 g/mol. The van der Waals surface area contributed by atoms with Gasteiger partial charge >= 0.3 is 11.9 Å². The van der Waals surface area contributed by atoms with E-state index in [1.807, 2.05) is 12.1 Å². The lowest BCUT2D eigenvalue weighted by atomic mass is 9.96. The highest BCUT2D eigenvalue weighted by Crippen LogP contribution is 2.33. The van der Waals surface area contributed by atoms with Gasteiger partial charge in [0.2, 0.25) is 0 Å². The van der Waals surface area contributed by atoms with E-state index in [2.05, 4.69) is 9.47 Å². The first-order valence-corrected chi connectivity index (χ1v) is 9.10. The predicted molar refractivity (Wildman–Crippen MR) is 99.0 cm³/mol. The maximum atomic E-state index is 12.4. The Morgan fingerprint density at radius 1 is 1.04 bits per heavy atom. The smallest absolute Gasteiger partial charge is 0.325 e. The summed E-state index contributed by atoms with van der Waals surface area (Å²) >= 11 is 0. The van der Waals surface area contributed by atoms with Crippen molar-refractivity contribution in [3.05, 3.63) is 29.5 Å². The predicted octanol–water partition coefficient (Wildman–Crippen LogP) is 1.87. The Bertz CT molecular complexity index is 868. The largest absolute Gasteiger partial charge is 0.484 e. The van der Waals surface area contributed by atoms with Crippen LogP contribution in [0.2, 0.25) is 0 Å². The number of carbonyl (C=O) groups excluding carboxylic acids is 3. The zero-order chi connectivity index (χ0) is 20.1. The van der Waals surface area contributed by atoms with Crippen LogP contribution in [0.25, 0.3) is 11.0 Å². The molecule has 0 saturated heterocycles. The van der Waals surface area contributed by atoms with Crippen LogP contribution in [0.15, 0.2) is 22.6 Å². The molecule has 0 bridgehead atoms. The Balaban J connectivity index is 1.69. The molecule has 150 valence electrons. The van der Waals surface area contributed by atoms with E-state index in [1.165, 1.54) is 19.8 Å². The number of fused-ring (bicyclic) bond motifs is 3. The number of hydrogen-bond donors (Lipinski definition) is 0. The van der Waals surface area contributed by atoms with Gasteiger partial charge in [-0.05, 0) is 37.5 Å². The van der Waals surface area contributed by atoms with Crippen molar-refractivity contribution in [3.8, 4) is 5.75 Å². The normalized spacial score (nSPS) is 12.9. The molecule has 1 aliphatic rings. The van der Waals surface area contributed by atoms with Gasteiger partial charge < -0.3 is 23.5 Å². The lowest BCUT2D eigenvalue weighted by Crippen LogP contribution is -2.42.